The van der Waals surface area contributed by atoms with E-state index in [4.69, 9.17) is 11.6 Å². The summed E-state index contributed by atoms with van der Waals surface area (Å²) in [6.45, 7) is 6.59. The summed E-state index contributed by atoms with van der Waals surface area (Å²) >= 11 is 6.18. The number of halogens is 1. The fraction of sp³-hybridized carbons (Fsp3) is 0.600. The number of benzene rings is 1. The molecule has 1 heterocycles. The maximum absolute atomic E-state index is 11.2. The van der Waals surface area contributed by atoms with E-state index < -0.39 is 0 Å². The van der Waals surface area contributed by atoms with E-state index >= 15 is 0 Å². The normalized spacial score (nSPS) is 16.3. The molecule has 1 aliphatic rings. The Morgan fingerprint density at radius 2 is 2.14 bits per heavy atom. The average molecular weight is 312 g/mol. The van der Waals surface area contributed by atoms with E-state index in [2.05, 4.69) is 17.1 Å². The molecule has 0 aliphatic carbocycles. The summed E-state index contributed by atoms with van der Waals surface area (Å²) in [6.07, 6.45) is 2.34. The molecular formula is C15H22ClN3O2. The van der Waals surface area contributed by atoms with E-state index in [-0.39, 0.29) is 10.6 Å². The highest BCUT2D eigenvalue weighted by Crippen LogP contribution is 2.28. The van der Waals surface area contributed by atoms with Gasteiger partial charge in [0.05, 0.1) is 15.5 Å². The second-order valence-corrected chi connectivity index (χ2v) is 5.92. The minimum absolute atomic E-state index is 0.117. The number of nitrogens with zero attached hydrogens (tertiary/aromatic N) is 2. The Morgan fingerprint density at radius 1 is 1.43 bits per heavy atom. The molecular weight excluding hydrogens is 290 g/mol. The third-order valence-electron chi connectivity index (χ3n) is 4.09. The van der Waals surface area contributed by atoms with E-state index in [1.165, 1.54) is 18.9 Å². The SMILES string of the molecule is CCN(Cc1c(Cl)cccc1[N+](=O)[O-])CC1CCNCC1. The Balaban J connectivity index is 2.09. The number of hydrogen-bond acceptors (Lipinski definition) is 4. The van der Waals surface area contributed by atoms with Crippen LogP contribution in [-0.2, 0) is 6.54 Å². The maximum atomic E-state index is 11.2. The summed E-state index contributed by atoms with van der Waals surface area (Å²) in [5, 5.41) is 15.0. The zero-order valence-electron chi connectivity index (χ0n) is 12.3. The van der Waals surface area contributed by atoms with Crippen molar-refractivity contribution in [2.24, 2.45) is 5.92 Å². The molecule has 1 N–H and O–H groups in total. The number of nitro benzene ring substituents is 1. The van der Waals surface area contributed by atoms with Crippen LogP contribution in [0.2, 0.25) is 5.02 Å². The minimum atomic E-state index is -0.348. The molecule has 0 saturated carbocycles. The van der Waals surface area contributed by atoms with Crippen LogP contribution in [0.15, 0.2) is 18.2 Å². The molecule has 5 nitrogen and oxygen atoms in total. The van der Waals surface area contributed by atoms with Gasteiger partial charge in [-0.15, -0.1) is 0 Å². The van der Waals surface area contributed by atoms with Crippen LogP contribution in [0.4, 0.5) is 5.69 Å². The van der Waals surface area contributed by atoms with Crippen molar-refractivity contribution in [3.05, 3.63) is 38.9 Å². The molecule has 1 aromatic rings. The van der Waals surface area contributed by atoms with Crippen LogP contribution < -0.4 is 5.32 Å². The van der Waals surface area contributed by atoms with Gasteiger partial charge in [0, 0.05) is 19.2 Å². The average Bonchev–Trinajstić information content (AvgIpc) is 2.49. The highest BCUT2D eigenvalue weighted by molar-refractivity contribution is 6.31. The van der Waals surface area contributed by atoms with Crippen LogP contribution in [0.1, 0.15) is 25.3 Å². The van der Waals surface area contributed by atoms with Crippen molar-refractivity contribution >= 4 is 17.3 Å². The second-order valence-electron chi connectivity index (χ2n) is 5.52. The first-order chi connectivity index (χ1) is 10.1. The van der Waals surface area contributed by atoms with Crippen molar-refractivity contribution in [2.45, 2.75) is 26.3 Å². The lowest BCUT2D eigenvalue weighted by molar-refractivity contribution is -0.385. The molecule has 0 atom stereocenters. The topological polar surface area (TPSA) is 58.4 Å². The zero-order chi connectivity index (χ0) is 15.2. The van der Waals surface area contributed by atoms with Gasteiger partial charge in [-0.05, 0) is 44.5 Å². The molecule has 0 aromatic heterocycles. The van der Waals surface area contributed by atoms with Gasteiger partial charge in [0.1, 0.15) is 0 Å². The van der Waals surface area contributed by atoms with Crippen molar-refractivity contribution in [3.8, 4) is 0 Å². The molecule has 0 radical (unpaired) electrons. The molecule has 2 rings (SSSR count). The fourth-order valence-electron chi connectivity index (χ4n) is 2.83. The Kier molecular flexibility index (Phi) is 5.96. The summed E-state index contributed by atoms with van der Waals surface area (Å²) in [5.41, 5.74) is 0.742. The zero-order valence-corrected chi connectivity index (χ0v) is 13.1. The number of rotatable bonds is 6. The van der Waals surface area contributed by atoms with E-state index in [1.807, 2.05) is 0 Å². The Labute approximate surface area is 130 Å². The van der Waals surface area contributed by atoms with Gasteiger partial charge >= 0.3 is 0 Å². The largest absolute Gasteiger partial charge is 0.317 e. The fourth-order valence-corrected chi connectivity index (χ4v) is 3.06. The van der Waals surface area contributed by atoms with Crippen LogP contribution in [0.3, 0.4) is 0 Å². The molecule has 1 fully saturated rings. The highest BCUT2D eigenvalue weighted by Gasteiger charge is 2.21. The van der Waals surface area contributed by atoms with Gasteiger partial charge in [-0.25, -0.2) is 0 Å². The Morgan fingerprint density at radius 3 is 2.76 bits per heavy atom. The summed E-state index contributed by atoms with van der Waals surface area (Å²) in [7, 11) is 0. The molecule has 1 saturated heterocycles. The van der Waals surface area contributed by atoms with Crippen LogP contribution in [0.25, 0.3) is 0 Å². The van der Waals surface area contributed by atoms with E-state index in [0.717, 1.165) is 26.2 Å². The second kappa shape index (κ2) is 7.73. The lowest BCUT2D eigenvalue weighted by atomic mass is 9.97. The minimum Gasteiger partial charge on any atom is -0.317 e. The quantitative estimate of drug-likeness (QED) is 0.648. The highest BCUT2D eigenvalue weighted by atomic mass is 35.5. The van der Waals surface area contributed by atoms with E-state index in [0.29, 0.717) is 23.0 Å². The molecule has 0 unspecified atom stereocenters. The predicted octanol–water partition coefficient (Wildman–Crippen LogP) is 3.07. The summed E-state index contributed by atoms with van der Waals surface area (Å²) in [4.78, 5) is 13.1. The van der Waals surface area contributed by atoms with Crippen LogP contribution >= 0.6 is 11.6 Å². The van der Waals surface area contributed by atoms with Gasteiger partial charge in [0.2, 0.25) is 0 Å². The third-order valence-corrected chi connectivity index (χ3v) is 4.45. The van der Waals surface area contributed by atoms with Crippen LogP contribution in [0, 0.1) is 16.0 Å². The molecule has 0 spiro atoms. The van der Waals surface area contributed by atoms with Crippen LogP contribution in [0.5, 0.6) is 0 Å². The lowest BCUT2D eigenvalue weighted by Crippen LogP contribution is -2.36. The van der Waals surface area contributed by atoms with Gasteiger partial charge in [-0.3, -0.25) is 15.0 Å². The Bertz CT molecular complexity index is 490. The van der Waals surface area contributed by atoms with Crippen molar-refractivity contribution in [2.75, 3.05) is 26.2 Å². The van der Waals surface area contributed by atoms with Crippen molar-refractivity contribution in [1.82, 2.24) is 10.2 Å². The first-order valence-corrected chi connectivity index (χ1v) is 7.84. The summed E-state index contributed by atoms with van der Waals surface area (Å²) < 4.78 is 0. The molecule has 0 bridgehead atoms. The van der Waals surface area contributed by atoms with E-state index in [9.17, 15) is 10.1 Å². The molecule has 1 aliphatic heterocycles. The van der Waals surface area contributed by atoms with Crippen molar-refractivity contribution in [1.29, 1.82) is 0 Å². The number of nitrogens with one attached hydrogen (secondary N) is 1. The molecule has 6 heteroatoms. The van der Waals surface area contributed by atoms with Gasteiger partial charge in [0.25, 0.3) is 5.69 Å². The Hall–Kier alpha value is -1.17. The predicted molar refractivity (Wildman–Crippen MR) is 84.7 cm³/mol. The first-order valence-electron chi connectivity index (χ1n) is 7.46. The molecule has 1 aromatic carbocycles. The van der Waals surface area contributed by atoms with Gasteiger partial charge in [0.15, 0.2) is 0 Å². The smallest absolute Gasteiger partial charge is 0.275 e. The monoisotopic (exact) mass is 311 g/mol. The van der Waals surface area contributed by atoms with Gasteiger partial charge < -0.3 is 5.32 Å². The molecule has 0 amide bonds. The van der Waals surface area contributed by atoms with E-state index in [1.54, 1.807) is 12.1 Å². The van der Waals surface area contributed by atoms with Crippen molar-refractivity contribution in [3.63, 3.8) is 0 Å². The van der Waals surface area contributed by atoms with Gasteiger partial charge in [-0.2, -0.15) is 0 Å². The number of nitro groups is 1. The van der Waals surface area contributed by atoms with Gasteiger partial charge in [-0.1, -0.05) is 24.6 Å². The summed E-state index contributed by atoms with van der Waals surface area (Å²) in [5.74, 6) is 0.660. The number of hydrogen-bond donors (Lipinski definition) is 1. The maximum Gasteiger partial charge on any atom is 0.275 e. The third kappa shape index (κ3) is 4.40. The van der Waals surface area contributed by atoms with Crippen LogP contribution in [-0.4, -0.2) is 36.0 Å². The first kappa shape index (κ1) is 16.2. The standard InChI is InChI=1S/C15H22ClN3O2/c1-2-18(10-12-6-8-17-9-7-12)11-13-14(16)4-3-5-15(13)19(20)21/h3-5,12,17H,2,6-11H2,1H3. The van der Waals surface area contributed by atoms with Crippen molar-refractivity contribution < 1.29 is 4.92 Å². The lowest BCUT2D eigenvalue weighted by Gasteiger charge is -2.29. The molecule has 116 valence electrons. The number of piperidine rings is 1. The summed E-state index contributed by atoms with van der Waals surface area (Å²) in [6, 6.07) is 4.88. The molecule has 21 heavy (non-hydrogen) atoms.